The fourth-order valence-corrected chi connectivity index (χ4v) is 1.37. The predicted octanol–water partition coefficient (Wildman–Crippen LogP) is 2.13. The van der Waals surface area contributed by atoms with Crippen molar-refractivity contribution in [1.29, 1.82) is 0 Å². The Kier molecular flexibility index (Phi) is 6.43. The topological polar surface area (TPSA) is 65.2 Å². The number of hydrogen-bond acceptors (Lipinski definition) is 4. The summed E-state index contributed by atoms with van der Waals surface area (Å²) >= 11 is 0. The van der Waals surface area contributed by atoms with E-state index in [0.29, 0.717) is 19.6 Å². The third-order valence-electron chi connectivity index (χ3n) is 2.17. The first kappa shape index (κ1) is 14.1. The van der Waals surface area contributed by atoms with E-state index in [1.807, 2.05) is 30.5 Å². The Morgan fingerprint density at radius 3 is 2.67 bits per heavy atom. The van der Waals surface area contributed by atoms with Crippen LogP contribution in [0.25, 0.3) is 10.9 Å². The molecule has 0 atom stereocenters. The van der Waals surface area contributed by atoms with Crippen LogP contribution in [0.2, 0.25) is 0 Å². The van der Waals surface area contributed by atoms with Crippen LogP contribution >= 0.6 is 0 Å². The number of aromatic nitrogens is 1. The number of benzene rings is 1. The Balaban J connectivity index is 0.000000187. The van der Waals surface area contributed by atoms with E-state index in [9.17, 15) is 4.79 Å². The number of carbonyl (C=O) groups excluding carboxylic acids is 1. The third kappa shape index (κ3) is 4.93. The standard InChI is InChI=1S/C9H7N.C5H11NO2/c1-2-6-9-8(4-1)5-3-7-10-9;1-2-8-5(7)3-4-6/h1-7H;2-4,6H2,1H3. The fraction of sp³-hybridized carbons (Fsp3) is 0.286. The highest BCUT2D eigenvalue weighted by atomic mass is 16.5. The molecule has 1 aromatic carbocycles. The quantitative estimate of drug-likeness (QED) is 0.843. The highest BCUT2D eigenvalue weighted by molar-refractivity contribution is 5.77. The first-order chi connectivity index (χ1) is 8.77. The van der Waals surface area contributed by atoms with Gasteiger partial charge in [-0.2, -0.15) is 0 Å². The number of para-hydroxylation sites is 1. The van der Waals surface area contributed by atoms with Gasteiger partial charge in [-0.15, -0.1) is 0 Å². The Morgan fingerprint density at radius 2 is 2.00 bits per heavy atom. The molecular weight excluding hydrogens is 228 g/mol. The van der Waals surface area contributed by atoms with Gasteiger partial charge in [-0.1, -0.05) is 24.3 Å². The SMILES string of the molecule is CCOC(=O)CCN.c1ccc2ncccc2c1. The van der Waals surface area contributed by atoms with Gasteiger partial charge in [-0.05, 0) is 19.1 Å². The monoisotopic (exact) mass is 246 g/mol. The van der Waals surface area contributed by atoms with Crippen LogP contribution in [0.1, 0.15) is 13.3 Å². The van der Waals surface area contributed by atoms with Gasteiger partial charge in [-0.3, -0.25) is 9.78 Å². The molecule has 0 spiro atoms. The number of pyridine rings is 1. The Labute approximate surface area is 107 Å². The van der Waals surface area contributed by atoms with Crippen LogP contribution in [-0.4, -0.2) is 24.1 Å². The van der Waals surface area contributed by atoms with Gasteiger partial charge in [0.05, 0.1) is 18.5 Å². The van der Waals surface area contributed by atoms with Crippen molar-refractivity contribution in [3.05, 3.63) is 42.6 Å². The maximum Gasteiger partial charge on any atom is 0.307 e. The number of fused-ring (bicyclic) bond motifs is 1. The molecule has 0 radical (unpaired) electrons. The van der Waals surface area contributed by atoms with Gasteiger partial charge in [0, 0.05) is 18.1 Å². The molecule has 4 heteroatoms. The van der Waals surface area contributed by atoms with Crippen LogP contribution in [0.15, 0.2) is 42.6 Å². The van der Waals surface area contributed by atoms with Gasteiger partial charge in [0.25, 0.3) is 0 Å². The van der Waals surface area contributed by atoms with Crippen LogP contribution < -0.4 is 5.73 Å². The summed E-state index contributed by atoms with van der Waals surface area (Å²) in [5.74, 6) is -0.213. The van der Waals surface area contributed by atoms with E-state index in [2.05, 4.69) is 21.9 Å². The van der Waals surface area contributed by atoms with Crippen molar-refractivity contribution < 1.29 is 9.53 Å². The molecule has 1 heterocycles. The van der Waals surface area contributed by atoms with E-state index in [1.165, 1.54) is 5.39 Å². The zero-order chi connectivity index (χ0) is 13.2. The summed E-state index contributed by atoms with van der Waals surface area (Å²) in [6.45, 7) is 2.59. The van der Waals surface area contributed by atoms with E-state index >= 15 is 0 Å². The Morgan fingerprint density at radius 1 is 1.28 bits per heavy atom. The Hall–Kier alpha value is -1.94. The summed E-state index contributed by atoms with van der Waals surface area (Å²) in [7, 11) is 0. The molecule has 0 amide bonds. The lowest BCUT2D eigenvalue weighted by Gasteiger charge is -1.96. The van der Waals surface area contributed by atoms with Gasteiger partial charge in [-0.25, -0.2) is 0 Å². The number of hydrogen-bond donors (Lipinski definition) is 1. The zero-order valence-corrected chi connectivity index (χ0v) is 10.5. The van der Waals surface area contributed by atoms with Gasteiger partial charge in [0.1, 0.15) is 0 Å². The minimum atomic E-state index is -0.213. The van der Waals surface area contributed by atoms with Crippen LogP contribution in [0.4, 0.5) is 0 Å². The highest BCUT2D eigenvalue weighted by Gasteiger charge is 1.95. The molecular formula is C14H18N2O2. The second kappa shape index (κ2) is 8.20. The van der Waals surface area contributed by atoms with Crippen LogP contribution in [0.3, 0.4) is 0 Å². The van der Waals surface area contributed by atoms with E-state index in [-0.39, 0.29) is 5.97 Å². The third-order valence-corrected chi connectivity index (χ3v) is 2.17. The molecule has 2 aromatic rings. The molecule has 2 rings (SSSR count). The lowest BCUT2D eigenvalue weighted by atomic mass is 10.2. The largest absolute Gasteiger partial charge is 0.466 e. The van der Waals surface area contributed by atoms with Crippen LogP contribution in [0.5, 0.6) is 0 Å². The van der Waals surface area contributed by atoms with Crippen molar-refractivity contribution in [3.8, 4) is 0 Å². The number of nitrogens with two attached hydrogens (primary N) is 1. The molecule has 0 saturated carbocycles. The number of carbonyl (C=O) groups is 1. The van der Waals surface area contributed by atoms with E-state index < -0.39 is 0 Å². The van der Waals surface area contributed by atoms with Crippen LogP contribution in [0, 0.1) is 0 Å². The summed E-state index contributed by atoms with van der Waals surface area (Å²) < 4.78 is 4.56. The maximum absolute atomic E-state index is 10.3. The van der Waals surface area contributed by atoms with Crippen LogP contribution in [-0.2, 0) is 9.53 Å². The molecule has 0 aliphatic heterocycles. The normalized spacial score (nSPS) is 9.44. The van der Waals surface area contributed by atoms with Gasteiger partial charge < -0.3 is 10.5 Å². The molecule has 2 N–H and O–H groups in total. The van der Waals surface area contributed by atoms with Crippen molar-refractivity contribution in [2.45, 2.75) is 13.3 Å². The number of rotatable bonds is 3. The summed E-state index contributed by atoms with van der Waals surface area (Å²) in [5, 5.41) is 1.20. The molecule has 0 unspecified atom stereocenters. The average molecular weight is 246 g/mol. The zero-order valence-electron chi connectivity index (χ0n) is 10.5. The molecule has 96 valence electrons. The lowest BCUT2D eigenvalue weighted by Crippen LogP contribution is -2.10. The maximum atomic E-state index is 10.3. The lowest BCUT2D eigenvalue weighted by molar-refractivity contribution is -0.142. The van der Waals surface area contributed by atoms with Crippen molar-refractivity contribution in [2.24, 2.45) is 5.73 Å². The van der Waals surface area contributed by atoms with E-state index in [4.69, 9.17) is 5.73 Å². The molecule has 0 saturated heterocycles. The predicted molar refractivity (Wildman–Crippen MR) is 72.0 cm³/mol. The summed E-state index contributed by atoms with van der Waals surface area (Å²) in [6.07, 6.45) is 2.14. The molecule has 0 bridgehead atoms. The van der Waals surface area contributed by atoms with Crippen molar-refractivity contribution in [3.63, 3.8) is 0 Å². The summed E-state index contributed by atoms with van der Waals surface area (Å²) in [4.78, 5) is 14.5. The fourth-order valence-electron chi connectivity index (χ4n) is 1.37. The molecule has 4 nitrogen and oxygen atoms in total. The van der Waals surface area contributed by atoms with E-state index in [0.717, 1.165) is 5.52 Å². The van der Waals surface area contributed by atoms with Crippen molar-refractivity contribution >= 4 is 16.9 Å². The smallest absolute Gasteiger partial charge is 0.307 e. The van der Waals surface area contributed by atoms with Crippen molar-refractivity contribution in [2.75, 3.05) is 13.2 Å². The first-order valence-corrected chi connectivity index (χ1v) is 5.93. The van der Waals surface area contributed by atoms with Crippen molar-refractivity contribution in [1.82, 2.24) is 4.98 Å². The molecule has 0 aliphatic rings. The average Bonchev–Trinajstić information content (AvgIpc) is 2.40. The van der Waals surface area contributed by atoms with E-state index in [1.54, 1.807) is 6.92 Å². The number of esters is 1. The molecule has 1 aromatic heterocycles. The first-order valence-electron chi connectivity index (χ1n) is 5.93. The number of ether oxygens (including phenoxy) is 1. The minimum absolute atomic E-state index is 0.213. The number of nitrogens with zero attached hydrogens (tertiary/aromatic N) is 1. The molecule has 18 heavy (non-hydrogen) atoms. The van der Waals surface area contributed by atoms with Gasteiger partial charge in [0.2, 0.25) is 0 Å². The summed E-state index contributed by atoms with van der Waals surface area (Å²) in [6, 6.07) is 12.1. The molecule has 0 fully saturated rings. The second-order valence-corrected chi connectivity index (χ2v) is 3.54. The van der Waals surface area contributed by atoms with Gasteiger partial charge in [0.15, 0.2) is 0 Å². The minimum Gasteiger partial charge on any atom is -0.466 e. The Bertz CT molecular complexity index is 412. The summed E-state index contributed by atoms with van der Waals surface area (Å²) in [5.41, 5.74) is 6.12. The second-order valence-electron chi connectivity index (χ2n) is 3.54. The highest BCUT2D eigenvalue weighted by Crippen LogP contribution is 2.07. The molecule has 0 aliphatic carbocycles. The van der Waals surface area contributed by atoms with Gasteiger partial charge >= 0.3 is 5.97 Å².